The largest absolute Gasteiger partial charge is 0.465 e. The zero-order valence-electron chi connectivity index (χ0n) is 23.1. The quantitative estimate of drug-likeness (QED) is 0.175. The summed E-state index contributed by atoms with van der Waals surface area (Å²) < 4.78 is 12.2. The number of fused-ring (bicyclic) bond motifs is 1. The fraction of sp³-hybridized carbons (Fsp3) is 0.581. The standard InChI is InChI=1S/C31H41ClN2O6/c1-3-5-6-13-21-39-30(38)25-24-16-17-31(40-24)26(25)28(36)34(19-11-7-8-12-20-35)27(31)29(37)33(18-4-2)23-15-10-9-14-22(23)32/h3-4,9-10,14-15,24-27,35H,1-2,5-8,11-13,16-21H2/t24-,25+,26-,27?,31?/m0/s1. The first-order valence-electron chi connectivity index (χ1n) is 14.4. The van der Waals surface area contributed by atoms with Gasteiger partial charge in [0.05, 0.1) is 35.3 Å². The van der Waals surface area contributed by atoms with E-state index in [1.807, 2.05) is 12.1 Å². The number of anilines is 1. The van der Waals surface area contributed by atoms with Gasteiger partial charge in [-0.25, -0.2) is 0 Å². The van der Waals surface area contributed by atoms with Crippen LogP contribution in [0.3, 0.4) is 0 Å². The smallest absolute Gasteiger partial charge is 0.312 e. The molecule has 5 atom stereocenters. The first kappa shape index (κ1) is 30.3. The van der Waals surface area contributed by atoms with Gasteiger partial charge in [0.25, 0.3) is 5.91 Å². The number of esters is 1. The van der Waals surface area contributed by atoms with Crippen molar-refractivity contribution < 1.29 is 29.0 Å². The molecular weight excluding hydrogens is 532 g/mol. The molecule has 3 aliphatic rings. The van der Waals surface area contributed by atoms with Crippen molar-refractivity contribution in [1.82, 2.24) is 4.90 Å². The lowest BCUT2D eigenvalue weighted by molar-refractivity contribution is -0.155. The van der Waals surface area contributed by atoms with Crippen LogP contribution in [0.2, 0.25) is 5.02 Å². The number of unbranched alkanes of at least 4 members (excludes halogenated alkanes) is 5. The second-order valence-electron chi connectivity index (χ2n) is 10.9. The van der Waals surface area contributed by atoms with E-state index in [4.69, 9.17) is 26.2 Å². The average molecular weight is 573 g/mol. The summed E-state index contributed by atoms with van der Waals surface area (Å²) >= 11 is 6.51. The summed E-state index contributed by atoms with van der Waals surface area (Å²) in [7, 11) is 0. The highest BCUT2D eigenvalue weighted by Crippen LogP contribution is 2.59. The molecule has 2 amide bonds. The van der Waals surface area contributed by atoms with Crippen LogP contribution >= 0.6 is 11.6 Å². The van der Waals surface area contributed by atoms with Gasteiger partial charge in [0.1, 0.15) is 11.6 Å². The van der Waals surface area contributed by atoms with Gasteiger partial charge >= 0.3 is 5.97 Å². The van der Waals surface area contributed by atoms with Gasteiger partial charge in [0.15, 0.2) is 0 Å². The number of hydrogen-bond donors (Lipinski definition) is 1. The van der Waals surface area contributed by atoms with Gasteiger partial charge in [0.2, 0.25) is 5.91 Å². The van der Waals surface area contributed by atoms with E-state index in [2.05, 4.69) is 13.2 Å². The highest BCUT2D eigenvalue weighted by atomic mass is 35.5. The van der Waals surface area contributed by atoms with Crippen LogP contribution in [0.4, 0.5) is 5.69 Å². The molecule has 0 aromatic heterocycles. The molecule has 0 aliphatic carbocycles. The molecule has 3 heterocycles. The lowest BCUT2D eigenvalue weighted by Gasteiger charge is -2.37. The van der Waals surface area contributed by atoms with E-state index in [0.717, 1.165) is 32.1 Å². The van der Waals surface area contributed by atoms with E-state index in [-0.39, 0.29) is 31.6 Å². The lowest BCUT2D eigenvalue weighted by Crippen LogP contribution is -2.56. The molecule has 2 bridgehead atoms. The van der Waals surface area contributed by atoms with Crippen molar-refractivity contribution in [2.45, 2.75) is 75.5 Å². The minimum absolute atomic E-state index is 0.121. The van der Waals surface area contributed by atoms with Crippen molar-refractivity contribution in [1.29, 1.82) is 0 Å². The van der Waals surface area contributed by atoms with Crippen LogP contribution in [0, 0.1) is 11.8 Å². The van der Waals surface area contributed by atoms with Crippen LogP contribution in [0.5, 0.6) is 0 Å². The topological polar surface area (TPSA) is 96.4 Å². The molecule has 2 unspecified atom stereocenters. The Morgan fingerprint density at radius 1 is 1.15 bits per heavy atom. The fourth-order valence-electron chi connectivity index (χ4n) is 6.60. The van der Waals surface area contributed by atoms with Gasteiger partial charge < -0.3 is 24.4 Å². The number of aliphatic hydroxyl groups is 1. The van der Waals surface area contributed by atoms with Gasteiger partial charge in [-0.05, 0) is 57.1 Å². The summed E-state index contributed by atoms with van der Waals surface area (Å²) in [6.07, 6.45) is 9.54. The number of ether oxygens (including phenoxy) is 2. The Hall–Kier alpha value is -2.68. The van der Waals surface area contributed by atoms with Crippen molar-refractivity contribution in [2.24, 2.45) is 11.8 Å². The summed E-state index contributed by atoms with van der Waals surface area (Å²) in [6, 6.07) is 6.20. The van der Waals surface area contributed by atoms with Gasteiger partial charge in [-0.1, -0.05) is 48.7 Å². The van der Waals surface area contributed by atoms with Crippen molar-refractivity contribution in [3.05, 3.63) is 54.6 Å². The maximum Gasteiger partial charge on any atom is 0.312 e. The normalized spacial score (nSPS) is 26.6. The highest BCUT2D eigenvalue weighted by molar-refractivity contribution is 6.34. The van der Waals surface area contributed by atoms with Crippen LogP contribution in [0.25, 0.3) is 0 Å². The Labute approximate surface area is 241 Å². The Bertz CT molecular complexity index is 1100. The van der Waals surface area contributed by atoms with E-state index in [1.54, 1.807) is 34.1 Å². The molecule has 0 saturated carbocycles. The van der Waals surface area contributed by atoms with Crippen molar-refractivity contribution in [3.63, 3.8) is 0 Å². The number of nitrogens with zero attached hydrogens (tertiary/aromatic N) is 2. The van der Waals surface area contributed by atoms with Gasteiger partial charge in [-0.15, -0.1) is 13.2 Å². The minimum atomic E-state index is -1.10. The van der Waals surface area contributed by atoms with Crippen LogP contribution in [-0.2, 0) is 23.9 Å². The summed E-state index contributed by atoms with van der Waals surface area (Å²) in [6.45, 7) is 8.52. The van der Waals surface area contributed by atoms with Gasteiger partial charge in [-0.2, -0.15) is 0 Å². The number of carbonyl (C=O) groups is 3. The number of benzene rings is 1. The van der Waals surface area contributed by atoms with Crippen LogP contribution in [-0.4, -0.2) is 71.8 Å². The number of para-hydroxylation sites is 1. The molecule has 3 aliphatic heterocycles. The SMILES string of the molecule is C=CCCCCOC(=O)[C@@H]1[C@@H]2CCC3(O2)C(C(=O)N(CC=C)c2ccccc2Cl)N(CCCCCCO)C(=O)[C@H]13. The Morgan fingerprint density at radius 2 is 1.93 bits per heavy atom. The number of likely N-dealkylation sites (tertiary alicyclic amines) is 1. The predicted octanol–water partition coefficient (Wildman–Crippen LogP) is 4.69. The second-order valence-corrected chi connectivity index (χ2v) is 11.3. The molecule has 1 aromatic carbocycles. The zero-order valence-corrected chi connectivity index (χ0v) is 23.9. The minimum Gasteiger partial charge on any atom is -0.465 e. The molecule has 9 heteroatoms. The maximum atomic E-state index is 14.4. The van der Waals surface area contributed by atoms with Crippen molar-refractivity contribution >= 4 is 35.1 Å². The van der Waals surface area contributed by atoms with Crippen molar-refractivity contribution in [3.8, 4) is 0 Å². The Balaban J connectivity index is 1.63. The third-order valence-electron chi connectivity index (χ3n) is 8.38. The van der Waals surface area contributed by atoms with E-state index < -0.39 is 35.6 Å². The predicted molar refractivity (Wildman–Crippen MR) is 154 cm³/mol. The van der Waals surface area contributed by atoms with E-state index in [0.29, 0.717) is 42.9 Å². The van der Waals surface area contributed by atoms with E-state index >= 15 is 0 Å². The number of halogens is 1. The first-order chi connectivity index (χ1) is 19.4. The molecule has 1 aromatic rings. The Morgan fingerprint density at radius 3 is 2.65 bits per heavy atom. The summed E-state index contributed by atoms with van der Waals surface area (Å²) in [5.41, 5.74) is -0.566. The Kier molecular flexibility index (Phi) is 10.4. The number of amides is 2. The molecule has 218 valence electrons. The third-order valence-corrected chi connectivity index (χ3v) is 8.70. The number of hydrogen-bond acceptors (Lipinski definition) is 6. The molecular formula is C31H41ClN2O6. The average Bonchev–Trinajstić information content (AvgIpc) is 3.59. The molecule has 3 saturated heterocycles. The summed E-state index contributed by atoms with van der Waals surface area (Å²) in [4.78, 5) is 45.1. The van der Waals surface area contributed by atoms with Gasteiger partial charge in [0, 0.05) is 19.7 Å². The molecule has 1 spiro atoms. The maximum absolute atomic E-state index is 14.4. The third kappa shape index (κ3) is 5.85. The first-order valence-corrected chi connectivity index (χ1v) is 14.8. The molecule has 4 rings (SSSR count). The molecule has 3 fully saturated rings. The van der Waals surface area contributed by atoms with E-state index in [1.165, 1.54) is 0 Å². The highest BCUT2D eigenvalue weighted by Gasteiger charge is 2.75. The lowest BCUT2D eigenvalue weighted by atomic mass is 9.70. The number of rotatable bonds is 16. The second kappa shape index (κ2) is 13.8. The number of allylic oxidation sites excluding steroid dienone is 1. The molecule has 8 nitrogen and oxygen atoms in total. The van der Waals surface area contributed by atoms with E-state index in [9.17, 15) is 14.4 Å². The molecule has 1 N–H and O–H groups in total. The van der Waals surface area contributed by atoms with Crippen molar-refractivity contribution in [2.75, 3.05) is 31.2 Å². The van der Waals surface area contributed by atoms with Crippen LogP contribution < -0.4 is 4.90 Å². The van der Waals surface area contributed by atoms with Gasteiger partial charge in [-0.3, -0.25) is 14.4 Å². The van der Waals surface area contributed by atoms with Crippen LogP contribution in [0.15, 0.2) is 49.6 Å². The monoisotopic (exact) mass is 572 g/mol. The molecule has 40 heavy (non-hydrogen) atoms. The molecule has 0 radical (unpaired) electrons. The van der Waals surface area contributed by atoms with Crippen LogP contribution in [0.1, 0.15) is 57.8 Å². The number of aliphatic hydroxyl groups excluding tert-OH is 1. The zero-order chi connectivity index (χ0) is 28.7. The fourth-order valence-corrected chi connectivity index (χ4v) is 6.84. The number of carbonyl (C=O) groups excluding carboxylic acids is 3. The summed E-state index contributed by atoms with van der Waals surface area (Å²) in [5, 5.41) is 9.56. The summed E-state index contributed by atoms with van der Waals surface area (Å²) in [5.74, 6) is -2.44.